The van der Waals surface area contributed by atoms with E-state index in [4.69, 9.17) is 10.7 Å². The van der Waals surface area contributed by atoms with E-state index in [-0.39, 0.29) is 0 Å². The van der Waals surface area contributed by atoms with Gasteiger partial charge >= 0.3 is 0 Å². The van der Waals surface area contributed by atoms with Crippen molar-refractivity contribution in [3.05, 3.63) is 35.4 Å². The molecule has 142 valence electrons. The second kappa shape index (κ2) is 7.12. The van der Waals surface area contributed by atoms with Gasteiger partial charge in [0, 0.05) is 30.8 Å². The maximum atomic E-state index is 6.16. The Kier molecular flexibility index (Phi) is 4.48. The van der Waals surface area contributed by atoms with Gasteiger partial charge in [-0.05, 0) is 63.1 Å². The Morgan fingerprint density at radius 1 is 0.963 bits per heavy atom. The molecule has 0 unspecified atom stereocenters. The van der Waals surface area contributed by atoms with Gasteiger partial charge < -0.3 is 15.5 Å². The molecule has 2 fully saturated rings. The van der Waals surface area contributed by atoms with Gasteiger partial charge in [0.2, 0.25) is 5.95 Å². The van der Waals surface area contributed by atoms with Crippen LogP contribution in [0.5, 0.6) is 0 Å². The number of benzene rings is 1. The van der Waals surface area contributed by atoms with Gasteiger partial charge in [-0.15, -0.1) is 0 Å². The molecule has 1 aromatic heterocycles. The Balaban J connectivity index is 1.42. The molecule has 2 aromatic rings. The zero-order valence-corrected chi connectivity index (χ0v) is 16.0. The summed E-state index contributed by atoms with van der Waals surface area (Å²) >= 11 is 0. The summed E-state index contributed by atoms with van der Waals surface area (Å²) in [4.78, 5) is 14.5. The number of piperidine rings is 1. The fraction of sp³-hybridized carbons (Fsp3) is 0.545. The molecule has 3 aliphatic rings. The Hall–Kier alpha value is -2.14. The minimum Gasteiger partial charge on any atom is -0.368 e. The zero-order valence-electron chi connectivity index (χ0n) is 16.0. The summed E-state index contributed by atoms with van der Waals surface area (Å²) in [7, 11) is 0. The van der Waals surface area contributed by atoms with Crippen molar-refractivity contribution in [2.45, 2.75) is 38.5 Å². The predicted molar refractivity (Wildman–Crippen MR) is 110 cm³/mol. The average Bonchev–Trinajstić information content (AvgIpc) is 2.84. The number of likely N-dealkylation sites (tertiary alicyclic amines) is 1. The van der Waals surface area contributed by atoms with Crippen molar-refractivity contribution in [3.8, 4) is 11.3 Å². The van der Waals surface area contributed by atoms with E-state index >= 15 is 0 Å². The number of hydrogen-bond donors (Lipinski definition) is 1. The van der Waals surface area contributed by atoms with E-state index in [0.717, 1.165) is 49.8 Å². The topological polar surface area (TPSA) is 58.3 Å². The first-order chi connectivity index (χ1) is 13.3. The number of nitrogen functional groups attached to an aromatic ring is 1. The summed E-state index contributed by atoms with van der Waals surface area (Å²) < 4.78 is 0. The number of hydrogen-bond acceptors (Lipinski definition) is 5. The summed E-state index contributed by atoms with van der Waals surface area (Å²) in [5.74, 6) is 2.33. The summed E-state index contributed by atoms with van der Waals surface area (Å²) in [5, 5.41) is 0. The van der Waals surface area contributed by atoms with Crippen LogP contribution in [0, 0.1) is 5.92 Å². The fourth-order valence-electron chi connectivity index (χ4n) is 4.89. The van der Waals surface area contributed by atoms with E-state index in [9.17, 15) is 0 Å². The second-order valence-corrected chi connectivity index (χ2v) is 8.33. The van der Waals surface area contributed by atoms with Crippen LogP contribution >= 0.6 is 0 Å². The highest BCUT2D eigenvalue weighted by atomic mass is 15.2. The fourth-order valence-corrected chi connectivity index (χ4v) is 4.89. The summed E-state index contributed by atoms with van der Waals surface area (Å²) in [6.07, 6.45) is 7.18. The van der Waals surface area contributed by atoms with Crippen molar-refractivity contribution in [2.24, 2.45) is 5.92 Å². The Morgan fingerprint density at radius 2 is 1.78 bits per heavy atom. The van der Waals surface area contributed by atoms with Crippen LogP contribution in [0.2, 0.25) is 0 Å². The minimum absolute atomic E-state index is 0.406. The molecule has 27 heavy (non-hydrogen) atoms. The number of anilines is 2. The van der Waals surface area contributed by atoms with Crippen molar-refractivity contribution in [3.63, 3.8) is 0 Å². The van der Waals surface area contributed by atoms with E-state index in [1.165, 1.54) is 55.6 Å². The van der Waals surface area contributed by atoms with E-state index in [1.807, 2.05) is 0 Å². The Morgan fingerprint density at radius 3 is 2.56 bits per heavy atom. The smallest absolute Gasteiger partial charge is 0.222 e. The molecule has 0 radical (unpaired) electrons. The number of nitrogens with zero attached hydrogens (tertiary/aromatic N) is 4. The summed E-state index contributed by atoms with van der Waals surface area (Å²) in [6, 6.07) is 8.64. The van der Waals surface area contributed by atoms with E-state index in [2.05, 4.69) is 39.0 Å². The van der Waals surface area contributed by atoms with Crippen molar-refractivity contribution < 1.29 is 0 Å². The normalized spacial score (nSPS) is 20.5. The molecule has 1 aromatic carbocycles. The maximum Gasteiger partial charge on any atom is 0.222 e. The van der Waals surface area contributed by atoms with Crippen LogP contribution in [-0.4, -0.2) is 47.6 Å². The molecule has 5 nitrogen and oxygen atoms in total. The van der Waals surface area contributed by atoms with Crippen LogP contribution in [0.4, 0.5) is 11.8 Å². The van der Waals surface area contributed by atoms with Crippen LogP contribution in [0.1, 0.15) is 36.8 Å². The van der Waals surface area contributed by atoms with Crippen LogP contribution in [0.3, 0.4) is 0 Å². The molecule has 0 bridgehead atoms. The molecule has 2 N–H and O–H groups in total. The molecule has 0 atom stereocenters. The lowest BCUT2D eigenvalue weighted by Gasteiger charge is -2.39. The third-order valence-corrected chi connectivity index (χ3v) is 6.53. The lowest BCUT2D eigenvalue weighted by Crippen LogP contribution is -2.44. The largest absolute Gasteiger partial charge is 0.368 e. The zero-order chi connectivity index (χ0) is 18.2. The number of fused-ring (bicyclic) bond motifs is 3. The SMILES string of the molecule is Nc1nc2c(c(N3CCC(CN4CCC4)CC3)n1)CCCc1ccccc1-2. The highest BCUT2D eigenvalue weighted by molar-refractivity contribution is 5.74. The first kappa shape index (κ1) is 17.0. The van der Waals surface area contributed by atoms with Crippen LogP contribution in [-0.2, 0) is 12.8 Å². The molecule has 0 saturated carbocycles. The van der Waals surface area contributed by atoms with Crippen LogP contribution in [0.25, 0.3) is 11.3 Å². The quantitative estimate of drug-likeness (QED) is 0.908. The van der Waals surface area contributed by atoms with Gasteiger partial charge in [-0.25, -0.2) is 4.98 Å². The molecule has 1 aliphatic carbocycles. The Labute approximate surface area is 161 Å². The molecule has 5 heteroatoms. The van der Waals surface area contributed by atoms with Crippen LogP contribution in [0.15, 0.2) is 24.3 Å². The van der Waals surface area contributed by atoms with Gasteiger partial charge in [-0.3, -0.25) is 0 Å². The molecule has 0 spiro atoms. The summed E-state index contributed by atoms with van der Waals surface area (Å²) in [6.45, 7) is 6.06. The first-order valence-electron chi connectivity index (χ1n) is 10.5. The average molecular weight is 364 g/mol. The number of aromatic nitrogens is 2. The van der Waals surface area contributed by atoms with E-state index < -0.39 is 0 Å². The number of nitrogens with two attached hydrogens (primary N) is 1. The van der Waals surface area contributed by atoms with Gasteiger partial charge in [-0.1, -0.05) is 24.3 Å². The van der Waals surface area contributed by atoms with E-state index in [0.29, 0.717) is 5.95 Å². The number of rotatable bonds is 3. The van der Waals surface area contributed by atoms with Gasteiger partial charge in [0.1, 0.15) is 5.82 Å². The second-order valence-electron chi connectivity index (χ2n) is 8.33. The molecule has 2 saturated heterocycles. The van der Waals surface area contributed by atoms with Gasteiger partial charge in [0.25, 0.3) is 0 Å². The monoisotopic (exact) mass is 363 g/mol. The van der Waals surface area contributed by atoms with Crippen molar-refractivity contribution >= 4 is 11.8 Å². The van der Waals surface area contributed by atoms with Gasteiger partial charge in [0.05, 0.1) is 5.69 Å². The first-order valence-corrected chi connectivity index (χ1v) is 10.5. The highest BCUT2D eigenvalue weighted by Crippen LogP contribution is 2.37. The molecule has 0 amide bonds. The Bertz CT molecular complexity index is 821. The minimum atomic E-state index is 0.406. The predicted octanol–water partition coefficient (Wildman–Crippen LogP) is 3.14. The number of aryl methyl sites for hydroxylation is 1. The lowest BCUT2D eigenvalue weighted by atomic mass is 9.94. The maximum absolute atomic E-state index is 6.16. The van der Waals surface area contributed by atoms with Crippen LogP contribution < -0.4 is 10.6 Å². The standard InChI is InChI=1S/C22H29N5/c23-22-24-20-18-7-2-1-5-17(18)6-3-8-19(20)21(25-22)27-13-9-16(10-14-27)15-26-11-4-12-26/h1-2,5,7,16H,3-4,6,8-15H2,(H2,23,24,25). The summed E-state index contributed by atoms with van der Waals surface area (Å²) in [5.41, 5.74) is 11.2. The van der Waals surface area contributed by atoms with Crippen molar-refractivity contribution in [1.82, 2.24) is 14.9 Å². The molecule has 2 aliphatic heterocycles. The van der Waals surface area contributed by atoms with Gasteiger partial charge in [-0.2, -0.15) is 4.98 Å². The van der Waals surface area contributed by atoms with Crippen molar-refractivity contribution in [2.75, 3.05) is 43.4 Å². The van der Waals surface area contributed by atoms with Gasteiger partial charge in [0.15, 0.2) is 0 Å². The third-order valence-electron chi connectivity index (χ3n) is 6.53. The lowest BCUT2D eigenvalue weighted by molar-refractivity contribution is 0.141. The molecular weight excluding hydrogens is 334 g/mol. The van der Waals surface area contributed by atoms with Crippen molar-refractivity contribution in [1.29, 1.82) is 0 Å². The molecule has 3 heterocycles. The third kappa shape index (κ3) is 3.29. The van der Waals surface area contributed by atoms with E-state index in [1.54, 1.807) is 0 Å². The molecular formula is C22H29N5. The highest BCUT2D eigenvalue weighted by Gasteiger charge is 2.28. The molecule has 5 rings (SSSR count).